The minimum absolute atomic E-state index is 0.0449. The van der Waals surface area contributed by atoms with Crippen LogP contribution in [0.4, 0.5) is 5.69 Å². The van der Waals surface area contributed by atoms with Gasteiger partial charge >= 0.3 is 0 Å². The molecule has 3 nitrogen and oxygen atoms in total. The summed E-state index contributed by atoms with van der Waals surface area (Å²) in [6.07, 6.45) is 3.33. The fraction of sp³-hybridized carbons (Fsp3) is 0.0345. The monoisotopic (exact) mass is 417 g/mol. The molecule has 4 aromatic carbocycles. The minimum atomic E-state index is -0.402. The summed E-state index contributed by atoms with van der Waals surface area (Å²) in [4.78, 5) is 25.4. The third-order valence-corrected chi connectivity index (χ3v) is 5.19. The van der Waals surface area contributed by atoms with Crippen LogP contribution in [-0.2, 0) is 4.79 Å². The van der Waals surface area contributed by atoms with Crippen LogP contribution >= 0.6 is 0 Å². The molecule has 0 aliphatic heterocycles. The minimum Gasteiger partial charge on any atom is -0.325 e. The van der Waals surface area contributed by atoms with Crippen LogP contribution in [0.2, 0.25) is 0 Å². The molecule has 0 aliphatic carbocycles. The molecule has 0 radical (unpaired) electrons. The molecule has 0 heterocycles. The van der Waals surface area contributed by atoms with Crippen LogP contribution < -0.4 is 5.32 Å². The maximum atomic E-state index is 13.2. The second-order valence-corrected chi connectivity index (χ2v) is 7.43. The van der Waals surface area contributed by atoms with Crippen molar-refractivity contribution in [2.24, 2.45) is 0 Å². The van der Waals surface area contributed by atoms with Crippen molar-refractivity contribution in [2.75, 3.05) is 5.32 Å². The third kappa shape index (κ3) is 5.27. The number of amides is 1. The number of benzene rings is 4. The van der Waals surface area contributed by atoms with E-state index in [1.807, 2.05) is 103 Å². The van der Waals surface area contributed by atoms with Crippen molar-refractivity contribution in [3.8, 4) is 0 Å². The summed E-state index contributed by atoms with van der Waals surface area (Å²) >= 11 is 0. The Morgan fingerprint density at radius 3 is 1.66 bits per heavy atom. The largest absolute Gasteiger partial charge is 0.325 e. The van der Waals surface area contributed by atoms with E-state index in [1.165, 1.54) is 0 Å². The number of rotatable bonds is 7. The highest BCUT2D eigenvalue weighted by Crippen LogP contribution is 2.26. The van der Waals surface area contributed by atoms with Gasteiger partial charge in [0.15, 0.2) is 5.78 Å². The Kier molecular flexibility index (Phi) is 6.69. The Bertz CT molecular complexity index is 1160. The Balaban J connectivity index is 1.48. The van der Waals surface area contributed by atoms with Gasteiger partial charge in [-0.1, -0.05) is 109 Å². The van der Waals surface area contributed by atoms with Gasteiger partial charge in [-0.3, -0.25) is 9.59 Å². The van der Waals surface area contributed by atoms with Gasteiger partial charge < -0.3 is 5.32 Å². The maximum absolute atomic E-state index is 13.2. The van der Waals surface area contributed by atoms with E-state index in [1.54, 1.807) is 24.3 Å². The highest BCUT2D eigenvalue weighted by Gasteiger charge is 2.22. The summed E-state index contributed by atoms with van der Waals surface area (Å²) in [5.74, 6) is -0.540. The van der Waals surface area contributed by atoms with Crippen molar-refractivity contribution in [2.45, 2.75) is 5.92 Å². The molecule has 0 unspecified atom stereocenters. The highest BCUT2D eigenvalue weighted by molar-refractivity contribution is 6.06. The van der Waals surface area contributed by atoms with Gasteiger partial charge in [-0.25, -0.2) is 0 Å². The molecule has 1 N–H and O–H groups in total. The summed E-state index contributed by atoms with van der Waals surface area (Å²) in [5.41, 5.74) is 4.12. The van der Waals surface area contributed by atoms with Gasteiger partial charge in [0.1, 0.15) is 0 Å². The lowest BCUT2D eigenvalue weighted by Crippen LogP contribution is -2.22. The fourth-order valence-electron chi connectivity index (χ4n) is 3.55. The second-order valence-electron chi connectivity index (χ2n) is 7.43. The Morgan fingerprint density at radius 2 is 1.12 bits per heavy atom. The van der Waals surface area contributed by atoms with Gasteiger partial charge in [-0.05, 0) is 34.9 Å². The van der Waals surface area contributed by atoms with E-state index in [4.69, 9.17) is 0 Å². The lowest BCUT2D eigenvalue weighted by molar-refractivity contribution is -0.116. The van der Waals surface area contributed by atoms with Crippen molar-refractivity contribution in [1.29, 1.82) is 0 Å². The number of carbonyl (C=O) groups excluding carboxylic acids is 2. The molecule has 3 heteroatoms. The SMILES string of the molecule is O=C(C=Cc1ccc(NC(=O)C(c2ccccc2)c2ccccc2)cc1)c1ccccc1. The van der Waals surface area contributed by atoms with E-state index < -0.39 is 5.92 Å². The quantitative estimate of drug-likeness (QED) is 0.281. The van der Waals surface area contributed by atoms with Crippen LogP contribution in [-0.4, -0.2) is 11.7 Å². The molecule has 4 rings (SSSR count). The second kappa shape index (κ2) is 10.2. The molecule has 0 saturated carbocycles. The average Bonchev–Trinajstić information content (AvgIpc) is 2.85. The summed E-state index contributed by atoms with van der Waals surface area (Å²) in [5, 5.41) is 3.03. The smallest absolute Gasteiger partial charge is 0.236 e. The first-order chi connectivity index (χ1) is 15.7. The van der Waals surface area contributed by atoms with E-state index in [0.29, 0.717) is 11.3 Å². The number of hydrogen-bond donors (Lipinski definition) is 1. The molecule has 0 aromatic heterocycles. The van der Waals surface area contributed by atoms with Crippen LogP contribution in [0.25, 0.3) is 6.08 Å². The molecule has 1 amide bonds. The lowest BCUT2D eigenvalue weighted by atomic mass is 9.90. The molecule has 0 bridgehead atoms. The molecule has 4 aromatic rings. The van der Waals surface area contributed by atoms with E-state index in [9.17, 15) is 9.59 Å². The van der Waals surface area contributed by atoms with Crippen LogP contribution in [0.1, 0.15) is 33.0 Å². The first-order valence-electron chi connectivity index (χ1n) is 10.5. The number of allylic oxidation sites excluding steroid dienone is 1. The molecular weight excluding hydrogens is 394 g/mol. The van der Waals surface area contributed by atoms with Crippen molar-refractivity contribution < 1.29 is 9.59 Å². The van der Waals surface area contributed by atoms with Gasteiger partial charge in [0, 0.05) is 11.3 Å². The van der Waals surface area contributed by atoms with Crippen LogP contribution in [0.3, 0.4) is 0 Å². The zero-order valence-corrected chi connectivity index (χ0v) is 17.5. The van der Waals surface area contributed by atoms with Crippen molar-refractivity contribution in [3.63, 3.8) is 0 Å². The van der Waals surface area contributed by atoms with Crippen LogP contribution in [0.5, 0.6) is 0 Å². The molecule has 156 valence electrons. The molecular formula is C29H23NO2. The van der Waals surface area contributed by atoms with Gasteiger partial charge in [-0.15, -0.1) is 0 Å². The van der Waals surface area contributed by atoms with Gasteiger partial charge in [0.05, 0.1) is 5.92 Å². The van der Waals surface area contributed by atoms with Crippen molar-refractivity contribution in [1.82, 2.24) is 0 Å². The zero-order valence-electron chi connectivity index (χ0n) is 17.5. The van der Waals surface area contributed by atoms with Crippen LogP contribution in [0.15, 0.2) is 121 Å². The summed E-state index contributed by atoms with van der Waals surface area (Å²) in [6, 6.07) is 36.1. The predicted octanol–water partition coefficient (Wildman–Crippen LogP) is 6.35. The number of anilines is 1. The Labute approximate surface area is 188 Å². The van der Waals surface area contributed by atoms with Gasteiger partial charge in [0.25, 0.3) is 0 Å². The molecule has 0 atom stereocenters. The van der Waals surface area contributed by atoms with Gasteiger partial charge in [0.2, 0.25) is 5.91 Å². The molecule has 0 fully saturated rings. The van der Waals surface area contributed by atoms with E-state index in [2.05, 4.69) is 5.32 Å². The topological polar surface area (TPSA) is 46.2 Å². The highest BCUT2D eigenvalue weighted by atomic mass is 16.2. The van der Waals surface area contributed by atoms with Crippen molar-refractivity contribution in [3.05, 3.63) is 144 Å². The van der Waals surface area contributed by atoms with Crippen LogP contribution in [0, 0.1) is 0 Å². The Morgan fingerprint density at radius 1 is 0.625 bits per heavy atom. The average molecular weight is 418 g/mol. The fourth-order valence-corrected chi connectivity index (χ4v) is 3.55. The number of hydrogen-bond acceptors (Lipinski definition) is 2. The molecule has 0 saturated heterocycles. The normalized spacial score (nSPS) is 10.9. The van der Waals surface area contributed by atoms with Gasteiger partial charge in [-0.2, -0.15) is 0 Å². The standard InChI is InChI=1S/C29H23NO2/c31-27(23-10-4-1-5-11-23)21-18-22-16-19-26(20-17-22)30-29(32)28(24-12-6-2-7-13-24)25-14-8-3-9-15-25/h1-21,28H,(H,30,32). The summed E-state index contributed by atoms with van der Waals surface area (Å²) in [6.45, 7) is 0. The van der Waals surface area contributed by atoms with Crippen molar-refractivity contribution >= 4 is 23.5 Å². The third-order valence-electron chi connectivity index (χ3n) is 5.19. The zero-order chi connectivity index (χ0) is 22.2. The molecule has 0 aliphatic rings. The first kappa shape index (κ1) is 21.0. The number of carbonyl (C=O) groups is 2. The molecule has 32 heavy (non-hydrogen) atoms. The summed E-state index contributed by atoms with van der Waals surface area (Å²) < 4.78 is 0. The van der Waals surface area contributed by atoms with E-state index in [0.717, 1.165) is 16.7 Å². The predicted molar refractivity (Wildman–Crippen MR) is 130 cm³/mol. The Hall–Kier alpha value is -4.24. The number of ketones is 1. The van der Waals surface area contributed by atoms with E-state index in [-0.39, 0.29) is 11.7 Å². The first-order valence-corrected chi connectivity index (χ1v) is 10.5. The number of nitrogens with one attached hydrogen (secondary N) is 1. The van der Waals surface area contributed by atoms with E-state index >= 15 is 0 Å². The molecule has 0 spiro atoms. The maximum Gasteiger partial charge on any atom is 0.236 e. The lowest BCUT2D eigenvalue weighted by Gasteiger charge is -2.18. The summed E-state index contributed by atoms with van der Waals surface area (Å²) in [7, 11) is 0.